The molecule has 6 nitrogen and oxygen atoms in total. The molecule has 0 atom stereocenters. The van der Waals surface area contributed by atoms with Crippen molar-refractivity contribution >= 4 is 11.6 Å². The highest BCUT2D eigenvalue weighted by Gasteiger charge is 2.32. The number of halogens is 4. The number of amides is 1. The number of hydrogen-bond donors (Lipinski definition) is 1. The summed E-state index contributed by atoms with van der Waals surface area (Å²) in [5.41, 5.74) is -0.677. The number of nitrogens with one attached hydrogen (secondary N) is 1. The van der Waals surface area contributed by atoms with Gasteiger partial charge in [0.15, 0.2) is 0 Å². The molecule has 0 unspecified atom stereocenters. The van der Waals surface area contributed by atoms with Gasteiger partial charge in [0.2, 0.25) is 5.91 Å². The summed E-state index contributed by atoms with van der Waals surface area (Å²) < 4.78 is 58.1. The Kier molecular flexibility index (Phi) is 8.90. The Bertz CT molecular complexity index is 904. The highest BCUT2D eigenvalue weighted by Crippen LogP contribution is 2.31. The zero-order valence-corrected chi connectivity index (χ0v) is 20.7. The molecule has 0 spiro atoms. The molecule has 0 aliphatic carbocycles. The smallest absolute Gasteiger partial charge is 0.385 e. The Balaban J connectivity index is 1.16. The van der Waals surface area contributed by atoms with Crippen LogP contribution < -0.4 is 5.32 Å². The molecule has 3 saturated heterocycles. The van der Waals surface area contributed by atoms with Gasteiger partial charge in [0, 0.05) is 63.1 Å². The third-order valence-corrected chi connectivity index (χ3v) is 7.62. The summed E-state index contributed by atoms with van der Waals surface area (Å²) in [5, 5.41) is 3.06. The maximum atomic E-state index is 13.7. The summed E-state index contributed by atoms with van der Waals surface area (Å²) in [4.78, 5) is 19.5. The van der Waals surface area contributed by atoms with Crippen molar-refractivity contribution in [2.24, 2.45) is 5.92 Å². The van der Waals surface area contributed by atoms with Crippen LogP contribution in [0.5, 0.6) is 0 Å². The number of piperidine rings is 2. The number of morpholine rings is 1. The molecule has 3 aliphatic rings. The van der Waals surface area contributed by atoms with Crippen LogP contribution in [0.2, 0.25) is 0 Å². The van der Waals surface area contributed by atoms with Crippen LogP contribution in [0.15, 0.2) is 24.8 Å². The molecule has 1 N–H and O–H groups in total. The van der Waals surface area contributed by atoms with Crippen molar-refractivity contribution in [3.05, 3.63) is 41.7 Å². The lowest BCUT2D eigenvalue weighted by Crippen LogP contribution is -2.51. The molecule has 1 amide bonds. The molecule has 1 aromatic carbocycles. The molecule has 4 rings (SSSR count). The van der Waals surface area contributed by atoms with Gasteiger partial charge in [0.1, 0.15) is 5.82 Å². The fraction of sp³-hybridized carbons (Fsp3) is 0.654. The number of carbonyl (C=O) groups excluding carboxylic acids is 1. The summed E-state index contributed by atoms with van der Waals surface area (Å²) in [6, 6.07) is 3.03. The zero-order valence-electron chi connectivity index (χ0n) is 20.7. The Morgan fingerprint density at radius 2 is 1.67 bits per heavy atom. The highest BCUT2D eigenvalue weighted by molar-refractivity contribution is 5.78. The van der Waals surface area contributed by atoms with Gasteiger partial charge in [-0.3, -0.25) is 14.6 Å². The predicted molar refractivity (Wildman–Crippen MR) is 130 cm³/mol. The summed E-state index contributed by atoms with van der Waals surface area (Å²) >= 11 is 0. The molecule has 0 saturated carbocycles. The van der Waals surface area contributed by atoms with Crippen LogP contribution in [-0.4, -0.2) is 92.2 Å². The maximum Gasteiger partial charge on any atom is 0.416 e. The Labute approximate surface area is 210 Å². The molecule has 0 bridgehead atoms. The Morgan fingerprint density at radius 1 is 1.00 bits per heavy atom. The van der Waals surface area contributed by atoms with Crippen LogP contribution in [0, 0.1) is 11.7 Å². The second-order valence-electron chi connectivity index (χ2n) is 10.1. The van der Waals surface area contributed by atoms with Gasteiger partial charge in [-0.15, -0.1) is 0 Å². The van der Waals surface area contributed by atoms with E-state index in [0.29, 0.717) is 38.3 Å². The van der Waals surface area contributed by atoms with Crippen molar-refractivity contribution in [1.82, 2.24) is 20.0 Å². The fourth-order valence-corrected chi connectivity index (χ4v) is 5.36. The van der Waals surface area contributed by atoms with Gasteiger partial charge in [-0.25, -0.2) is 4.39 Å². The molecule has 200 valence electrons. The van der Waals surface area contributed by atoms with Gasteiger partial charge in [0.05, 0.1) is 25.3 Å². The van der Waals surface area contributed by atoms with Crippen LogP contribution in [-0.2, 0) is 15.7 Å². The molecule has 36 heavy (non-hydrogen) atoms. The first-order valence-corrected chi connectivity index (χ1v) is 12.8. The average Bonchev–Trinajstić information content (AvgIpc) is 2.87. The van der Waals surface area contributed by atoms with Crippen molar-refractivity contribution in [2.45, 2.75) is 37.9 Å². The average molecular weight is 513 g/mol. The summed E-state index contributed by atoms with van der Waals surface area (Å²) in [6.07, 6.45) is -0.833. The van der Waals surface area contributed by atoms with E-state index in [1.165, 1.54) is 0 Å². The van der Waals surface area contributed by atoms with E-state index in [2.05, 4.69) is 21.7 Å². The van der Waals surface area contributed by atoms with Gasteiger partial charge in [-0.05, 0) is 49.8 Å². The number of likely N-dealkylation sites (tertiary alicyclic amines) is 2. The standard InChI is InChI=1S/C26H36F4N4O2/c1-19(21-14-22(26(28,29)30)16-23(27)15-21)31-17-20-2-8-34(9-3-20)25(35)18-32-6-4-24(5-7-32)33-10-12-36-13-11-33/h14-16,20,24,31H,1-13,17-18H2. The van der Waals surface area contributed by atoms with Gasteiger partial charge in [-0.2, -0.15) is 13.2 Å². The Hall–Kier alpha value is -2.17. The number of benzene rings is 1. The molecule has 0 radical (unpaired) electrons. The van der Waals surface area contributed by atoms with E-state index in [0.717, 1.165) is 77.2 Å². The first-order valence-electron chi connectivity index (χ1n) is 12.8. The van der Waals surface area contributed by atoms with Crippen molar-refractivity contribution in [2.75, 3.05) is 65.6 Å². The molecule has 10 heteroatoms. The molecule has 3 aliphatic heterocycles. The summed E-state index contributed by atoms with van der Waals surface area (Å²) in [5.74, 6) is -0.513. The van der Waals surface area contributed by atoms with E-state index in [9.17, 15) is 22.4 Å². The quantitative estimate of drug-likeness (QED) is 0.568. The molecule has 3 heterocycles. The predicted octanol–water partition coefficient (Wildman–Crippen LogP) is 3.44. The Morgan fingerprint density at radius 3 is 2.31 bits per heavy atom. The van der Waals surface area contributed by atoms with Gasteiger partial charge >= 0.3 is 6.18 Å². The third-order valence-electron chi connectivity index (χ3n) is 7.62. The first-order chi connectivity index (χ1) is 17.2. The second kappa shape index (κ2) is 11.9. The van der Waals surface area contributed by atoms with Crippen LogP contribution in [0.3, 0.4) is 0 Å². The van der Waals surface area contributed by atoms with Crippen molar-refractivity contribution in [1.29, 1.82) is 0 Å². The van der Waals surface area contributed by atoms with E-state index in [-0.39, 0.29) is 23.1 Å². The van der Waals surface area contributed by atoms with E-state index in [4.69, 9.17) is 4.74 Å². The minimum atomic E-state index is -4.62. The van der Waals surface area contributed by atoms with E-state index >= 15 is 0 Å². The number of rotatable bonds is 7. The van der Waals surface area contributed by atoms with Gasteiger partial charge in [-0.1, -0.05) is 6.58 Å². The number of nitrogens with zero attached hydrogens (tertiary/aromatic N) is 3. The van der Waals surface area contributed by atoms with Gasteiger partial charge in [0.25, 0.3) is 0 Å². The highest BCUT2D eigenvalue weighted by atomic mass is 19.4. The minimum absolute atomic E-state index is 0.0901. The van der Waals surface area contributed by atoms with Gasteiger partial charge < -0.3 is 15.0 Å². The second-order valence-corrected chi connectivity index (χ2v) is 10.1. The molecular formula is C26H36F4N4O2. The van der Waals surface area contributed by atoms with Crippen LogP contribution in [0.4, 0.5) is 17.6 Å². The molecular weight excluding hydrogens is 476 g/mol. The number of hydrogen-bond acceptors (Lipinski definition) is 5. The zero-order chi connectivity index (χ0) is 25.7. The molecule has 3 fully saturated rings. The minimum Gasteiger partial charge on any atom is -0.385 e. The van der Waals surface area contributed by atoms with E-state index in [1.54, 1.807) is 0 Å². The molecule has 1 aromatic rings. The van der Waals surface area contributed by atoms with Crippen molar-refractivity contribution in [3.63, 3.8) is 0 Å². The topological polar surface area (TPSA) is 48.1 Å². The lowest BCUT2D eigenvalue weighted by atomic mass is 9.96. The molecule has 0 aromatic heterocycles. The number of carbonyl (C=O) groups is 1. The first kappa shape index (κ1) is 26.9. The monoisotopic (exact) mass is 512 g/mol. The van der Waals surface area contributed by atoms with Crippen LogP contribution >= 0.6 is 0 Å². The fourth-order valence-electron chi connectivity index (χ4n) is 5.36. The summed E-state index contributed by atoms with van der Waals surface area (Å²) in [7, 11) is 0. The summed E-state index contributed by atoms with van der Waals surface area (Å²) in [6.45, 7) is 11.6. The largest absolute Gasteiger partial charge is 0.416 e. The number of alkyl halides is 3. The SMILES string of the molecule is C=C(NCC1CCN(C(=O)CN2CCC(N3CCOCC3)CC2)CC1)c1cc(F)cc(C(F)(F)F)c1. The maximum absolute atomic E-state index is 13.7. The number of ether oxygens (including phenoxy) is 1. The van der Waals surface area contributed by atoms with Crippen LogP contribution in [0.1, 0.15) is 36.8 Å². The van der Waals surface area contributed by atoms with Crippen LogP contribution in [0.25, 0.3) is 5.70 Å². The van der Waals surface area contributed by atoms with E-state index < -0.39 is 17.6 Å². The van der Waals surface area contributed by atoms with E-state index in [1.807, 2.05) is 4.90 Å². The lowest BCUT2D eigenvalue weighted by Gasteiger charge is -2.40. The van der Waals surface area contributed by atoms with Crippen molar-refractivity contribution < 1.29 is 27.1 Å². The lowest BCUT2D eigenvalue weighted by molar-refractivity contribution is -0.138. The normalized spacial score (nSPS) is 21.5. The van der Waals surface area contributed by atoms with Crippen molar-refractivity contribution in [3.8, 4) is 0 Å². The third kappa shape index (κ3) is 7.20.